The number of rotatable bonds is 6. The van der Waals surface area contributed by atoms with Crippen LogP contribution in [0.5, 0.6) is 0 Å². The van der Waals surface area contributed by atoms with Gasteiger partial charge in [0.2, 0.25) is 6.41 Å². The second-order valence-electron chi connectivity index (χ2n) is 3.36. The lowest BCUT2D eigenvalue weighted by Gasteiger charge is -2.31. The summed E-state index contributed by atoms with van der Waals surface area (Å²) >= 11 is 0. The molecular formula is C8H17N3O. The second-order valence-corrected chi connectivity index (χ2v) is 3.36. The fourth-order valence-electron chi connectivity index (χ4n) is 1.32. The minimum absolute atomic E-state index is 0.749. The molecule has 0 radical (unpaired) electrons. The number of hydrogen-bond acceptors (Lipinski definition) is 3. The van der Waals surface area contributed by atoms with Crippen LogP contribution >= 0.6 is 0 Å². The zero-order valence-corrected chi connectivity index (χ0v) is 7.55. The molecule has 0 aromatic carbocycles. The van der Waals surface area contributed by atoms with Gasteiger partial charge in [0.1, 0.15) is 0 Å². The molecule has 4 nitrogen and oxygen atoms in total. The number of carbonyl (C=O) groups is 1. The van der Waals surface area contributed by atoms with Crippen molar-refractivity contribution in [3.8, 4) is 0 Å². The van der Waals surface area contributed by atoms with Gasteiger partial charge >= 0.3 is 0 Å². The minimum atomic E-state index is 0.749. The van der Waals surface area contributed by atoms with Gasteiger partial charge in [0.25, 0.3) is 0 Å². The van der Waals surface area contributed by atoms with Gasteiger partial charge in [-0.05, 0) is 13.0 Å². The Balaban J connectivity index is 1.94. The lowest BCUT2D eigenvalue weighted by Crippen LogP contribution is -2.48. The van der Waals surface area contributed by atoms with E-state index in [4.69, 9.17) is 0 Å². The maximum absolute atomic E-state index is 9.94. The van der Waals surface area contributed by atoms with Crippen LogP contribution in [0.15, 0.2) is 0 Å². The zero-order chi connectivity index (χ0) is 8.81. The first kappa shape index (κ1) is 9.48. The molecule has 1 aliphatic heterocycles. The van der Waals surface area contributed by atoms with E-state index >= 15 is 0 Å². The monoisotopic (exact) mass is 171 g/mol. The van der Waals surface area contributed by atoms with Crippen LogP contribution in [0.3, 0.4) is 0 Å². The van der Waals surface area contributed by atoms with Crippen molar-refractivity contribution < 1.29 is 4.79 Å². The van der Waals surface area contributed by atoms with Gasteiger partial charge in [-0.2, -0.15) is 0 Å². The normalized spacial score (nSPS) is 17.5. The number of likely N-dealkylation sites (N-methyl/N-ethyl adjacent to an activating group) is 1. The molecule has 4 heteroatoms. The predicted molar refractivity (Wildman–Crippen MR) is 47.9 cm³/mol. The summed E-state index contributed by atoms with van der Waals surface area (Å²) in [5.41, 5.74) is 0. The highest BCUT2D eigenvalue weighted by Crippen LogP contribution is 2.03. The Kier molecular flexibility index (Phi) is 4.04. The van der Waals surface area contributed by atoms with Gasteiger partial charge in [-0.1, -0.05) is 0 Å². The van der Waals surface area contributed by atoms with Crippen LogP contribution in [0.25, 0.3) is 0 Å². The van der Waals surface area contributed by atoms with E-state index in [1.54, 1.807) is 0 Å². The van der Waals surface area contributed by atoms with Crippen LogP contribution in [0.1, 0.15) is 0 Å². The third-order valence-corrected chi connectivity index (χ3v) is 2.16. The van der Waals surface area contributed by atoms with Crippen LogP contribution in [0, 0.1) is 5.92 Å². The Bertz CT molecular complexity index is 136. The fourth-order valence-corrected chi connectivity index (χ4v) is 1.32. The largest absolute Gasteiger partial charge is 0.357 e. The van der Waals surface area contributed by atoms with Gasteiger partial charge in [-0.15, -0.1) is 0 Å². The highest BCUT2D eigenvalue weighted by Gasteiger charge is 2.17. The molecule has 1 saturated heterocycles. The third-order valence-electron chi connectivity index (χ3n) is 2.16. The molecule has 0 aliphatic carbocycles. The standard InChI is InChI=1S/C8H17N3O/c1-11(3-2-9-7-12)6-8-4-10-5-8/h7-8,10H,2-6H2,1H3,(H,9,12). The summed E-state index contributed by atoms with van der Waals surface area (Å²) in [4.78, 5) is 12.2. The van der Waals surface area contributed by atoms with Gasteiger partial charge in [-0.3, -0.25) is 4.79 Å². The molecule has 70 valence electrons. The Hall–Kier alpha value is -0.610. The van der Waals surface area contributed by atoms with Crippen molar-refractivity contribution in [3.63, 3.8) is 0 Å². The summed E-state index contributed by atoms with van der Waals surface area (Å²) in [6, 6.07) is 0. The van der Waals surface area contributed by atoms with Gasteiger partial charge in [-0.25, -0.2) is 0 Å². The van der Waals surface area contributed by atoms with Crippen LogP contribution < -0.4 is 10.6 Å². The maximum atomic E-state index is 9.94. The number of nitrogens with zero attached hydrogens (tertiary/aromatic N) is 1. The molecule has 12 heavy (non-hydrogen) atoms. The Morgan fingerprint density at radius 1 is 1.67 bits per heavy atom. The lowest BCUT2D eigenvalue weighted by atomic mass is 10.0. The maximum Gasteiger partial charge on any atom is 0.207 e. The van der Waals surface area contributed by atoms with Gasteiger partial charge in [0, 0.05) is 32.7 Å². The topological polar surface area (TPSA) is 44.4 Å². The van der Waals surface area contributed by atoms with Crippen molar-refractivity contribution in [2.75, 3.05) is 39.8 Å². The lowest BCUT2D eigenvalue weighted by molar-refractivity contribution is -0.109. The average Bonchev–Trinajstić information content (AvgIpc) is 1.98. The van der Waals surface area contributed by atoms with Crippen molar-refractivity contribution >= 4 is 6.41 Å². The Morgan fingerprint density at radius 2 is 2.42 bits per heavy atom. The van der Waals surface area contributed by atoms with E-state index in [1.165, 1.54) is 0 Å². The van der Waals surface area contributed by atoms with Gasteiger partial charge in [0.15, 0.2) is 0 Å². The van der Waals surface area contributed by atoms with Crippen molar-refractivity contribution in [2.24, 2.45) is 5.92 Å². The Morgan fingerprint density at radius 3 is 2.92 bits per heavy atom. The average molecular weight is 171 g/mol. The molecule has 1 fully saturated rings. The molecule has 0 aromatic rings. The smallest absolute Gasteiger partial charge is 0.207 e. The molecule has 1 rings (SSSR count). The molecule has 1 aliphatic rings. The van der Waals surface area contributed by atoms with Crippen molar-refractivity contribution in [1.29, 1.82) is 0 Å². The van der Waals surface area contributed by atoms with Crippen molar-refractivity contribution in [1.82, 2.24) is 15.5 Å². The van der Waals surface area contributed by atoms with Gasteiger partial charge < -0.3 is 15.5 Å². The van der Waals surface area contributed by atoms with Crippen LogP contribution in [0.4, 0.5) is 0 Å². The highest BCUT2D eigenvalue weighted by atomic mass is 16.1. The fraction of sp³-hybridized carbons (Fsp3) is 0.875. The Labute approximate surface area is 73.3 Å². The summed E-state index contributed by atoms with van der Waals surface area (Å²) in [5, 5.41) is 5.89. The summed E-state index contributed by atoms with van der Waals surface area (Å²) < 4.78 is 0. The number of carbonyl (C=O) groups excluding carboxylic acids is 1. The zero-order valence-electron chi connectivity index (χ0n) is 7.55. The minimum Gasteiger partial charge on any atom is -0.357 e. The first-order valence-electron chi connectivity index (χ1n) is 4.39. The van der Waals surface area contributed by atoms with Crippen LogP contribution in [0.2, 0.25) is 0 Å². The molecule has 0 unspecified atom stereocenters. The molecule has 0 spiro atoms. The molecule has 0 bridgehead atoms. The van der Waals surface area contributed by atoms with E-state index in [1.807, 2.05) is 0 Å². The third kappa shape index (κ3) is 3.19. The molecule has 0 saturated carbocycles. The second kappa shape index (κ2) is 5.11. The quantitative estimate of drug-likeness (QED) is 0.393. The van der Waals surface area contributed by atoms with Gasteiger partial charge in [0.05, 0.1) is 0 Å². The first-order chi connectivity index (χ1) is 5.83. The molecule has 1 amide bonds. The van der Waals surface area contributed by atoms with E-state index in [2.05, 4.69) is 22.6 Å². The SMILES string of the molecule is CN(CCNC=O)CC1CNC1. The summed E-state index contributed by atoms with van der Waals surface area (Å²) in [6.45, 7) is 5.11. The van der Waals surface area contributed by atoms with Crippen LogP contribution in [-0.4, -0.2) is 51.1 Å². The first-order valence-corrected chi connectivity index (χ1v) is 4.39. The van der Waals surface area contributed by atoms with E-state index in [0.29, 0.717) is 0 Å². The number of amides is 1. The number of hydrogen-bond donors (Lipinski definition) is 2. The van der Waals surface area contributed by atoms with Crippen molar-refractivity contribution in [3.05, 3.63) is 0 Å². The van der Waals surface area contributed by atoms with E-state index in [0.717, 1.165) is 45.1 Å². The summed E-state index contributed by atoms with van der Waals surface area (Å²) in [7, 11) is 2.09. The number of nitrogens with one attached hydrogen (secondary N) is 2. The molecule has 0 aromatic heterocycles. The molecule has 1 heterocycles. The highest BCUT2D eigenvalue weighted by molar-refractivity contribution is 5.45. The van der Waals surface area contributed by atoms with Crippen LogP contribution in [-0.2, 0) is 4.79 Å². The molecule has 0 atom stereocenters. The van der Waals surface area contributed by atoms with E-state index in [9.17, 15) is 4.79 Å². The van der Waals surface area contributed by atoms with E-state index in [-0.39, 0.29) is 0 Å². The van der Waals surface area contributed by atoms with E-state index < -0.39 is 0 Å². The summed E-state index contributed by atoms with van der Waals surface area (Å²) in [6.07, 6.45) is 0.749. The predicted octanol–water partition coefficient (Wildman–Crippen LogP) is -1.12. The molecule has 2 N–H and O–H groups in total. The van der Waals surface area contributed by atoms with Crippen molar-refractivity contribution in [2.45, 2.75) is 0 Å². The summed E-state index contributed by atoms with van der Waals surface area (Å²) in [5.74, 6) is 0.811. The molecular weight excluding hydrogens is 154 g/mol.